The van der Waals surface area contributed by atoms with Gasteiger partial charge in [0.15, 0.2) is 9.84 Å². The van der Waals surface area contributed by atoms with Crippen molar-refractivity contribution in [2.24, 2.45) is 0 Å². The molecule has 2 amide bonds. The van der Waals surface area contributed by atoms with Gasteiger partial charge in [-0.3, -0.25) is 20.4 Å². The smallest absolute Gasteiger partial charge is 0.267 e. The Bertz CT molecular complexity index is 1140. The minimum absolute atomic E-state index is 0.111. The van der Waals surface area contributed by atoms with E-state index in [0.717, 1.165) is 16.7 Å². The zero-order valence-corrected chi connectivity index (χ0v) is 16.9. The van der Waals surface area contributed by atoms with Crippen molar-refractivity contribution in [2.75, 3.05) is 6.26 Å². The summed E-state index contributed by atoms with van der Waals surface area (Å²) in [7, 11) is -3.16. The van der Waals surface area contributed by atoms with Crippen molar-refractivity contribution in [3.05, 3.63) is 82.5 Å². The minimum Gasteiger partial charge on any atom is -0.267 e. The zero-order chi connectivity index (χ0) is 21.0. The first-order valence-electron chi connectivity index (χ1n) is 8.44. The molecule has 150 valence electrons. The SMILES string of the molecule is CS(=O)(=O)Cc1ccc(C(=O)NNC(=O)c2ccc(-c3ccc(F)cc3)s2)cc1. The third kappa shape index (κ3) is 5.72. The molecule has 0 saturated heterocycles. The van der Waals surface area contributed by atoms with E-state index in [1.54, 1.807) is 36.4 Å². The molecule has 0 unspecified atom stereocenters. The molecule has 0 fully saturated rings. The van der Waals surface area contributed by atoms with Crippen LogP contribution in [0.15, 0.2) is 60.7 Å². The molecule has 0 atom stereocenters. The number of carbonyl (C=O) groups is 2. The zero-order valence-electron chi connectivity index (χ0n) is 15.3. The van der Waals surface area contributed by atoms with E-state index in [2.05, 4.69) is 10.9 Å². The number of hydrogen-bond donors (Lipinski definition) is 2. The maximum Gasteiger partial charge on any atom is 0.279 e. The Kier molecular flexibility index (Phi) is 6.09. The number of hydrazine groups is 1. The van der Waals surface area contributed by atoms with Crippen LogP contribution in [-0.2, 0) is 15.6 Å². The van der Waals surface area contributed by atoms with Crippen molar-refractivity contribution in [1.29, 1.82) is 0 Å². The van der Waals surface area contributed by atoms with Crippen LogP contribution in [0.3, 0.4) is 0 Å². The highest BCUT2D eigenvalue weighted by molar-refractivity contribution is 7.89. The molecule has 2 aromatic carbocycles. The predicted octanol–water partition coefficient (Wildman–Crippen LogP) is 3.17. The first kappa shape index (κ1) is 20.7. The molecule has 3 aromatic rings. The van der Waals surface area contributed by atoms with Gasteiger partial charge in [-0.15, -0.1) is 11.3 Å². The maximum atomic E-state index is 13.0. The summed E-state index contributed by atoms with van der Waals surface area (Å²) >= 11 is 1.21. The van der Waals surface area contributed by atoms with Gasteiger partial charge in [-0.25, -0.2) is 12.8 Å². The number of rotatable bonds is 5. The molecule has 0 aliphatic rings. The number of nitrogens with one attached hydrogen (secondary N) is 2. The average molecular weight is 432 g/mol. The Morgan fingerprint density at radius 2 is 1.52 bits per heavy atom. The van der Waals surface area contributed by atoms with Crippen molar-refractivity contribution in [3.63, 3.8) is 0 Å². The fourth-order valence-electron chi connectivity index (χ4n) is 2.53. The highest BCUT2D eigenvalue weighted by Gasteiger charge is 2.13. The summed E-state index contributed by atoms with van der Waals surface area (Å²) in [5.41, 5.74) is 6.30. The first-order chi connectivity index (χ1) is 13.7. The van der Waals surface area contributed by atoms with Crippen molar-refractivity contribution in [1.82, 2.24) is 10.9 Å². The second kappa shape index (κ2) is 8.54. The van der Waals surface area contributed by atoms with Crippen LogP contribution in [0.5, 0.6) is 0 Å². The molecule has 0 saturated carbocycles. The molecule has 9 heteroatoms. The van der Waals surface area contributed by atoms with Gasteiger partial charge >= 0.3 is 0 Å². The lowest BCUT2D eigenvalue weighted by Gasteiger charge is -2.07. The normalized spacial score (nSPS) is 11.1. The summed E-state index contributed by atoms with van der Waals surface area (Å²) in [6.07, 6.45) is 1.13. The van der Waals surface area contributed by atoms with Crippen LogP contribution in [0.25, 0.3) is 10.4 Å². The number of amides is 2. The summed E-state index contributed by atoms with van der Waals surface area (Å²) in [4.78, 5) is 25.6. The van der Waals surface area contributed by atoms with E-state index in [4.69, 9.17) is 0 Å². The number of halogens is 1. The maximum absolute atomic E-state index is 13.0. The highest BCUT2D eigenvalue weighted by atomic mass is 32.2. The second-order valence-corrected chi connectivity index (χ2v) is 9.57. The third-order valence-electron chi connectivity index (χ3n) is 3.89. The Balaban J connectivity index is 1.59. The molecular formula is C20H17FN2O4S2. The van der Waals surface area contributed by atoms with Gasteiger partial charge in [-0.2, -0.15) is 0 Å². The number of thiophene rings is 1. The Hall–Kier alpha value is -3.04. The predicted molar refractivity (Wildman–Crippen MR) is 110 cm³/mol. The second-order valence-electron chi connectivity index (χ2n) is 6.35. The molecular weight excluding hydrogens is 415 g/mol. The molecule has 0 aliphatic heterocycles. The van der Waals surface area contributed by atoms with E-state index in [9.17, 15) is 22.4 Å². The van der Waals surface area contributed by atoms with E-state index in [-0.39, 0.29) is 17.1 Å². The number of benzene rings is 2. The standard InChI is InChI=1S/C20H17FN2O4S2/c1-29(26,27)12-13-2-4-15(5-3-13)19(24)22-23-20(25)18-11-10-17(28-18)14-6-8-16(21)9-7-14/h2-11H,12H2,1H3,(H,22,24)(H,23,25). The summed E-state index contributed by atoms with van der Waals surface area (Å²) in [5.74, 6) is -1.46. The van der Waals surface area contributed by atoms with E-state index in [1.165, 1.54) is 35.6 Å². The number of carbonyl (C=O) groups excluding carboxylic acids is 2. The van der Waals surface area contributed by atoms with E-state index < -0.39 is 21.7 Å². The van der Waals surface area contributed by atoms with Crippen molar-refractivity contribution < 1.29 is 22.4 Å². The third-order valence-corrected chi connectivity index (χ3v) is 5.88. The highest BCUT2D eigenvalue weighted by Crippen LogP contribution is 2.28. The fraction of sp³-hybridized carbons (Fsp3) is 0.100. The van der Waals surface area contributed by atoms with Gasteiger partial charge in [-0.1, -0.05) is 24.3 Å². The molecule has 6 nitrogen and oxygen atoms in total. The largest absolute Gasteiger partial charge is 0.279 e. The molecule has 0 radical (unpaired) electrons. The quantitative estimate of drug-likeness (QED) is 0.606. The summed E-state index contributed by atoms with van der Waals surface area (Å²) in [5, 5.41) is 0. The van der Waals surface area contributed by atoms with Gasteiger partial charge in [0.2, 0.25) is 0 Å². The van der Waals surface area contributed by atoms with Crippen LogP contribution >= 0.6 is 11.3 Å². The lowest BCUT2D eigenvalue weighted by atomic mass is 10.1. The fourth-order valence-corrected chi connectivity index (χ4v) is 4.24. The molecule has 1 aromatic heterocycles. The van der Waals surface area contributed by atoms with Crippen molar-refractivity contribution in [3.8, 4) is 10.4 Å². The number of sulfone groups is 1. The van der Waals surface area contributed by atoms with Gasteiger partial charge in [-0.05, 0) is 47.5 Å². The van der Waals surface area contributed by atoms with Gasteiger partial charge in [0.1, 0.15) is 5.82 Å². The van der Waals surface area contributed by atoms with Crippen LogP contribution in [0.2, 0.25) is 0 Å². The summed E-state index contributed by atoms with van der Waals surface area (Å²) in [6, 6.07) is 15.4. The van der Waals surface area contributed by atoms with Gasteiger partial charge in [0, 0.05) is 16.7 Å². The summed E-state index contributed by atoms with van der Waals surface area (Å²) < 4.78 is 35.6. The van der Waals surface area contributed by atoms with E-state index in [0.29, 0.717) is 10.4 Å². The lowest BCUT2D eigenvalue weighted by Crippen LogP contribution is -2.41. The Morgan fingerprint density at radius 3 is 2.14 bits per heavy atom. The Labute approximate surface area is 171 Å². The van der Waals surface area contributed by atoms with Crippen LogP contribution < -0.4 is 10.9 Å². The first-order valence-corrected chi connectivity index (χ1v) is 11.3. The number of hydrogen-bond acceptors (Lipinski definition) is 5. The van der Waals surface area contributed by atoms with Gasteiger partial charge < -0.3 is 0 Å². The van der Waals surface area contributed by atoms with Crippen LogP contribution in [0, 0.1) is 5.82 Å². The molecule has 1 heterocycles. The molecule has 29 heavy (non-hydrogen) atoms. The molecule has 0 aliphatic carbocycles. The van der Waals surface area contributed by atoms with Crippen LogP contribution in [-0.4, -0.2) is 26.5 Å². The van der Waals surface area contributed by atoms with E-state index >= 15 is 0 Å². The Morgan fingerprint density at radius 1 is 0.897 bits per heavy atom. The molecule has 2 N–H and O–H groups in total. The van der Waals surface area contributed by atoms with E-state index in [1.807, 2.05) is 0 Å². The van der Waals surface area contributed by atoms with Crippen LogP contribution in [0.1, 0.15) is 25.6 Å². The average Bonchev–Trinajstić information content (AvgIpc) is 3.16. The monoisotopic (exact) mass is 432 g/mol. The molecule has 0 spiro atoms. The minimum atomic E-state index is -3.16. The van der Waals surface area contributed by atoms with Gasteiger partial charge in [0.05, 0.1) is 10.6 Å². The van der Waals surface area contributed by atoms with Gasteiger partial charge in [0.25, 0.3) is 11.8 Å². The van der Waals surface area contributed by atoms with Crippen LogP contribution in [0.4, 0.5) is 4.39 Å². The van der Waals surface area contributed by atoms with Crippen molar-refractivity contribution in [2.45, 2.75) is 5.75 Å². The summed E-state index contributed by atoms with van der Waals surface area (Å²) in [6.45, 7) is 0. The molecule has 0 bridgehead atoms. The topological polar surface area (TPSA) is 92.3 Å². The molecule has 3 rings (SSSR count). The van der Waals surface area contributed by atoms with Crippen molar-refractivity contribution >= 4 is 33.0 Å². The lowest BCUT2D eigenvalue weighted by molar-refractivity contribution is 0.0849.